The number of aliphatic imine (C=N–C) groups is 1. The standard InChI is InChI=1S/C13H17F2N7S.HI/c14-11(15)22-3-1-17-10(22)9-19-12(16)20-4-6-21(7-5-20)13-18-2-8-23-13;/h1-3,8,11H,4-7,9H2,(H2,16,19);1H. The minimum atomic E-state index is -2.62. The predicted molar refractivity (Wildman–Crippen MR) is 100 cm³/mol. The molecule has 132 valence electrons. The monoisotopic (exact) mass is 469 g/mol. The Morgan fingerprint density at radius 2 is 2.00 bits per heavy atom. The smallest absolute Gasteiger partial charge is 0.319 e. The minimum absolute atomic E-state index is 0. The SMILES string of the molecule is I.NC(=NCc1nccn1C(F)F)N1CCN(c2nccs2)CC1. The van der Waals surface area contributed by atoms with Crippen LogP contribution in [0.1, 0.15) is 12.4 Å². The molecule has 0 aromatic carbocycles. The van der Waals surface area contributed by atoms with Crippen molar-refractivity contribution in [3.63, 3.8) is 0 Å². The van der Waals surface area contributed by atoms with Gasteiger partial charge in [-0.2, -0.15) is 8.78 Å². The lowest BCUT2D eigenvalue weighted by atomic mass is 10.3. The zero-order valence-corrected chi connectivity index (χ0v) is 15.9. The predicted octanol–water partition coefficient (Wildman–Crippen LogP) is 1.99. The third kappa shape index (κ3) is 4.32. The molecule has 0 amide bonds. The van der Waals surface area contributed by atoms with Crippen molar-refractivity contribution in [2.24, 2.45) is 10.7 Å². The highest BCUT2D eigenvalue weighted by Gasteiger charge is 2.20. The Kier molecular flexibility index (Phi) is 6.71. The molecule has 1 aliphatic rings. The number of aromatic nitrogens is 3. The van der Waals surface area contributed by atoms with Crippen molar-refractivity contribution in [2.75, 3.05) is 31.1 Å². The lowest BCUT2D eigenvalue weighted by molar-refractivity contribution is 0.0671. The van der Waals surface area contributed by atoms with E-state index in [1.165, 1.54) is 12.4 Å². The molecule has 1 fully saturated rings. The fourth-order valence-electron chi connectivity index (χ4n) is 2.39. The molecule has 1 aliphatic heterocycles. The van der Waals surface area contributed by atoms with E-state index in [0.717, 1.165) is 35.9 Å². The van der Waals surface area contributed by atoms with Crippen molar-refractivity contribution in [2.45, 2.75) is 13.1 Å². The molecule has 0 unspecified atom stereocenters. The molecule has 24 heavy (non-hydrogen) atoms. The summed E-state index contributed by atoms with van der Waals surface area (Å²) in [6.07, 6.45) is 4.35. The van der Waals surface area contributed by atoms with Gasteiger partial charge in [0.1, 0.15) is 12.4 Å². The van der Waals surface area contributed by atoms with E-state index in [1.54, 1.807) is 17.5 Å². The molecular formula is C13H18F2IN7S. The number of hydrogen-bond donors (Lipinski definition) is 1. The number of nitrogens with zero attached hydrogens (tertiary/aromatic N) is 6. The Hall–Kier alpha value is -1.50. The van der Waals surface area contributed by atoms with Gasteiger partial charge in [0.05, 0.1) is 0 Å². The lowest BCUT2D eigenvalue weighted by Crippen LogP contribution is -2.51. The minimum Gasteiger partial charge on any atom is -0.370 e. The summed E-state index contributed by atoms with van der Waals surface area (Å²) in [7, 11) is 0. The quantitative estimate of drug-likeness (QED) is 0.421. The fraction of sp³-hybridized carbons (Fsp3) is 0.462. The summed E-state index contributed by atoms with van der Waals surface area (Å²) >= 11 is 1.60. The number of imidazole rings is 1. The first kappa shape index (κ1) is 18.8. The first-order chi connectivity index (χ1) is 11.1. The van der Waals surface area contributed by atoms with Crippen LogP contribution in [0.5, 0.6) is 0 Å². The molecule has 0 radical (unpaired) electrons. The number of nitrogens with two attached hydrogens (primary N) is 1. The molecule has 0 atom stereocenters. The van der Waals surface area contributed by atoms with Crippen LogP contribution >= 0.6 is 35.3 Å². The highest BCUT2D eigenvalue weighted by atomic mass is 127. The van der Waals surface area contributed by atoms with Crippen LogP contribution in [0, 0.1) is 0 Å². The van der Waals surface area contributed by atoms with Crippen LogP contribution in [0.3, 0.4) is 0 Å². The third-order valence-corrected chi connectivity index (χ3v) is 4.47. The zero-order valence-electron chi connectivity index (χ0n) is 12.8. The van der Waals surface area contributed by atoms with Crippen molar-refractivity contribution < 1.29 is 8.78 Å². The second-order valence-electron chi connectivity index (χ2n) is 4.99. The van der Waals surface area contributed by atoms with Gasteiger partial charge >= 0.3 is 6.55 Å². The third-order valence-electron chi connectivity index (χ3n) is 3.64. The molecule has 2 N–H and O–H groups in total. The largest absolute Gasteiger partial charge is 0.370 e. The van der Waals surface area contributed by atoms with Crippen molar-refractivity contribution in [1.29, 1.82) is 0 Å². The Morgan fingerprint density at radius 1 is 1.25 bits per heavy atom. The van der Waals surface area contributed by atoms with Crippen LogP contribution in [-0.2, 0) is 6.54 Å². The topological polar surface area (TPSA) is 75.6 Å². The molecule has 2 aromatic heterocycles. The molecule has 7 nitrogen and oxygen atoms in total. The van der Waals surface area contributed by atoms with Gasteiger partial charge < -0.3 is 15.5 Å². The maximum absolute atomic E-state index is 12.7. The molecule has 0 spiro atoms. The van der Waals surface area contributed by atoms with Gasteiger partial charge in [-0.3, -0.25) is 4.57 Å². The molecule has 3 rings (SSSR count). The van der Waals surface area contributed by atoms with Crippen LogP contribution in [0.4, 0.5) is 13.9 Å². The fourth-order valence-corrected chi connectivity index (χ4v) is 3.09. The number of anilines is 1. The van der Waals surface area contributed by atoms with Crippen LogP contribution < -0.4 is 10.6 Å². The van der Waals surface area contributed by atoms with Gasteiger partial charge in [0.25, 0.3) is 0 Å². The Balaban J connectivity index is 0.00000208. The number of halogens is 3. The molecule has 0 bridgehead atoms. The number of rotatable bonds is 4. The summed E-state index contributed by atoms with van der Waals surface area (Å²) in [5.41, 5.74) is 5.98. The summed E-state index contributed by atoms with van der Waals surface area (Å²) in [5, 5.41) is 2.95. The number of piperazine rings is 1. The Labute approximate surface area is 159 Å². The van der Waals surface area contributed by atoms with Gasteiger partial charge in [0.15, 0.2) is 11.1 Å². The first-order valence-electron chi connectivity index (χ1n) is 7.14. The number of alkyl halides is 2. The number of guanidine groups is 1. The highest BCUT2D eigenvalue weighted by Crippen LogP contribution is 2.19. The van der Waals surface area contributed by atoms with E-state index >= 15 is 0 Å². The van der Waals surface area contributed by atoms with Crippen molar-refractivity contribution >= 4 is 46.4 Å². The summed E-state index contributed by atoms with van der Waals surface area (Å²) in [6.45, 7) is 0.461. The molecular weight excluding hydrogens is 451 g/mol. The van der Waals surface area contributed by atoms with Crippen LogP contribution in [0.15, 0.2) is 29.0 Å². The number of hydrogen-bond acceptors (Lipinski definition) is 5. The van der Waals surface area contributed by atoms with Crippen molar-refractivity contribution in [1.82, 2.24) is 19.4 Å². The van der Waals surface area contributed by atoms with Crippen LogP contribution in [0.2, 0.25) is 0 Å². The molecule has 0 aliphatic carbocycles. The maximum atomic E-state index is 12.7. The van der Waals surface area contributed by atoms with Gasteiger partial charge in [0.2, 0.25) is 0 Å². The average molecular weight is 469 g/mol. The summed E-state index contributed by atoms with van der Waals surface area (Å²) in [6, 6.07) is 0. The average Bonchev–Trinajstić information content (AvgIpc) is 3.24. The van der Waals surface area contributed by atoms with E-state index in [9.17, 15) is 8.78 Å². The molecule has 11 heteroatoms. The van der Waals surface area contributed by atoms with Gasteiger partial charge in [-0.1, -0.05) is 0 Å². The van der Waals surface area contributed by atoms with E-state index < -0.39 is 6.55 Å². The van der Waals surface area contributed by atoms with Gasteiger partial charge in [-0.25, -0.2) is 15.0 Å². The second-order valence-corrected chi connectivity index (χ2v) is 5.86. The van der Waals surface area contributed by atoms with E-state index in [2.05, 4.69) is 19.9 Å². The van der Waals surface area contributed by atoms with Crippen LogP contribution in [0.25, 0.3) is 0 Å². The lowest BCUT2D eigenvalue weighted by Gasteiger charge is -2.35. The van der Waals surface area contributed by atoms with E-state index in [4.69, 9.17) is 5.73 Å². The highest BCUT2D eigenvalue weighted by molar-refractivity contribution is 14.0. The summed E-state index contributed by atoms with van der Waals surface area (Å²) in [4.78, 5) is 16.5. The Morgan fingerprint density at radius 3 is 2.62 bits per heavy atom. The first-order valence-corrected chi connectivity index (χ1v) is 8.02. The molecule has 3 heterocycles. The van der Waals surface area contributed by atoms with Crippen molar-refractivity contribution in [3.05, 3.63) is 29.8 Å². The van der Waals surface area contributed by atoms with E-state index in [0.29, 0.717) is 5.96 Å². The molecule has 1 saturated heterocycles. The maximum Gasteiger partial charge on any atom is 0.319 e. The van der Waals surface area contributed by atoms with E-state index in [-0.39, 0.29) is 36.3 Å². The second kappa shape index (κ2) is 8.55. The van der Waals surface area contributed by atoms with Crippen LogP contribution in [-0.4, -0.2) is 51.6 Å². The zero-order chi connectivity index (χ0) is 16.2. The molecule has 0 saturated carbocycles. The van der Waals surface area contributed by atoms with E-state index in [1.807, 2.05) is 10.3 Å². The molecule has 2 aromatic rings. The normalized spacial score (nSPS) is 15.7. The summed E-state index contributed by atoms with van der Waals surface area (Å²) < 4.78 is 26.3. The van der Waals surface area contributed by atoms with Gasteiger partial charge in [-0.15, -0.1) is 35.3 Å². The van der Waals surface area contributed by atoms with Crippen molar-refractivity contribution in [3.8, 4) is 0 Å². The van der Waals surface area contributed by atoms with Gasteiger partial charge in [-0.05, 0) is 0 Å². The summed E-state index contributed by atoms with van der Waals surface area (Å²) in [5.74, 6) is 0.553. The Bertz CT molecular complexity index is 653. The number of thiazole rings is 1. The van der Waals surface area contributed by atoms with Gasteiger partial charge in [0, 0.05) is 50.1 Å².